The van der Waals surface area contributed by atoms with E-state index in [2.05, 4.69) is 10.3 Å². The van der Waals surface area contributed by atoms with Crippen molar-refractivity contribution in [3.8, 4) is 0 Å². The van der Waals surface area contributed by atoms with E-state index in [0.29, 0.717) is 0 Å². The van der Waals surface area contributed by atoms with Crippen molar-refractivity contribution in [1.29, 1.82) is 0 Å². The Morgan fingerprint density at radius 1 is 1.27 bits per heavy atom. The third-order valence-corrected chi connectivity index (χ3v) is 2.51. The van der Waals surface area contributed by atoms with Crippen LogP contribution in [0.3, 0.4) is 0 Å². The van der Waals surface area contributed by atoms with Crippen LogP contribution in [0.1, 0.15) is 11.7 Å². The van der Waals surface area contributed by atoms with E-state index in [1.807, 2.05) is 43.4 Å². The molecule has 1 unspecified atom stereocenters. The second kappa shape index (κ2) is 4.38. The predicted octanol–water partition coefficient (Wildman–Crippen LogP) is 1.49. The number of nitrogens with one attached hydrogen (secondary N) is 1. The van der Waals surface area contributed by atoms with E-state index in [1.165, 1.54) is 0 Å². The normalized spacial score (nSPS) is 12.9. The SMILES string of the molecule is CNC(CO)c1ccc2ccccc2n1. The maximum atomic E-state index is 9.15. The predicted molar refractivity (Wildman–Crippen MR) is 60.6 cm³/mol. The van der Waals surface area contributed by atoms with Crippen LogP contribution < -0.4 is 5.32 Å². The zero-order valence-electron chi connectivity index (χ0n) is 8.64. The van der Waals surface area contributed by atoms with Crippen LogP contribution in [0.5, 0.6) is 0 Å². The molecule has 1 heterocycles. The van der Waals surface area contributed by atoms with Gasteiger partial charge >= 0.3 is 0 Å². The molecule has 15 heavy (non-hydrogen) atoms. The number of aromatic nitrogens is 1. The van der Waals surface area contributed by atoms with Gasteiger partial charge in [-0.3, -0.25) is 4.98 Å². The monoisotopic (exact) mass is 202 g/mol. The van der Waals surface area contributed by atoms with Gasteiger partial charge in [-0.25, -0.2) is 0 Å². The van der Waals surface area contributed by atoms with E-state index in [-0.39, 0.29) is 12.6 Å². The number of para-hydroxylation sites is 1. The summed E-state index contributed by atoms with van der Waals surface area (Å²) >= 11 is 0. The van der Waals surface area contributed by atoms with Crippen LogP contribution in [0.4, 0.5) is 0 Å². The highest BCUT2D eigenvalue weighted by molar-refractivity contribution is 5.78. The molecule has 1 aromatic carbocycles. The molecule has 0 saturated heterocycles. The molecule has 0 amide bonds. The minimum atomic E-state index is -0.0883. The first-order chi connectivity index (χ1) is 7.35. The number of hydrogen-bond acceptors (Lipinski definition) is 3. The molecule has 0 saturated carbocycles. The lowest BCUT2D eigenvalue weighted by molar-refractivity contribution is 0.249. The molecule has 78 valence electrons. The topological polar surface area (TPSA) is 45.1 Å². The second-order valence-electron chi connectivity index (χ2n) is 3.45. The minimum absolute atomic E-state index is 0.0574. The molecule has 3 heteroatoms. The molecule has 2 N–H and O–H groups in total. The summed E-state index contributed by atoms with van der Waals surface area (Å²) in [4.78, 5) is 4.49. The van der Waals surface area contributed by atoms with E-state index < -0.39 is 0 Å². The van der Waals surface area contributed by atoms with Crippen molar-refractivity contribution in [1.82, 2.24) is 10.3 Å². The molecule has 2 aromatic rings. The Hall–Kier alpha value is -1.45. The highest BCUT2D eigenvalue weighted by Crippen LogP contribution is 2.15. The van der Waals surface area contributed by atoms with Gasteiger partial charge in [-0.15, -0.1) is 0 Å². The number of nitrogens with zero attached hydrogens (tertiary/aromatic N) is 1. The Bertz CT molecular complexity index is 452. The number of likely N-dealkylation sites (N-methyl/N-ethyl adjacent to an activating group) is 1. The summed E-state index contributed by atoms with van der Waals surface area (Å²) in [6.45, 7) is 0.0574. The van der Waals surface area contributed by atoms with E-state index in [0.717, 1.165) is 16.6 Å². The summed E-state index contributed by atoms with van der Waals surface area (Å²) < 4.78 is 0. The minimum Gasteiger partial charge on any atom is -0.394 e. The molecule has 0 aliphatic carbocycles. The van der Waals surface area contributed by atoms with Crippen molar-refractivity contribution in [3.63, 3.8) is 0 Å². The van der Waals surface area contributed by atoms with Gasteiger partial charge in [0, 0.05) is 5.39 Å². The fourth-order valence-corrected chi connectivity index (χ4v) is 1.61. The number of aliphatic hydroxyl groups excluding tert-OH is 1. The summed E-state index contributed by atoms with van der Waals surface area (Å²) in [5.74, 6) is 0. The van der Waals surface area contributed by atoms with Gasteiger partial charge in [-0.05, 0) is 19.2 Å². The van der Waals surface area contributed by atoms with Gasteiger partial charge in [0.1, 0.15) is 0 Å². The zero-order valence-corrected chi connectivity index (χ0v) is 8.64. The Morgan fingerprint density at radius 2 is 2.07 bits per heavy atom. The van der Waals surface area contributed by atoms with Gasteiger partial charge in [0.05, 0.1) is 23.9 Å². The fourth-order valence-electron chi connectivity index (χ4n) is 1.61. The molecule has 0 radical (unpaired) electrons. The molecule has 0 fully saturated rings. The molecule has 0 spiro atoms. The average molecular weight is 202 g/mol. The van der Waals surface area contributed by atoms with E-state index in [9.17, 15) is 0 Å². The van der Waals surface area contributed by atoms with Gasteiger partial charge in [0.25, 0.3) is 0 Å². The van der Waals surface area contributed by atoms with Crippen LogP contribution in [0, 0.1) is 0 Å². The number of rotatable bonds is 3. The molecule has 0 bridgehead atoms. The Labute approximate surface area is 88.8 Å². The van der Waals surface area contributed by atoms with Crippen molar-refractivity contribution in [3.05, 3.63) is 42.1 Å². The first kappa shape index (κ1) is 10.1. The quantitative estimate of drug-likeness (QED) is 0.792. The summed E-state index contributed by atoms with van der Waals surface area (Å²) in [6, 6.07) is 11.8. The number of pyridine rings is 1. The highest BCUT2D eigenvalue weighted by Gasteiger charge is 2.08. The highest BCUT2D eigenvalue weighted by atomic mass is 16.3. The number of aliphatic hydroxyl groups is 1. The molecule has 0 aliphatic rings. The number of hydrogen-bond donors (Lipinski definition) is 2. The summed E-state index contributed by atoms with van der Waals surface area (Å²) in [6.07, 6.45) is 0. The maximum Gasteiger partial charge on any atom is 0.0727 e. The molecule has 2 rings (SSSR count). The first-order valence-corrected chi connectivity index (χ1v) is 4.99. The largest absolute Gasteiger partial charge is 0.394 e. The number of benzene rings is 1. The number of fused-ring (bicyclic) bond motifs is 1. The Kier molecular flexibility index (Phi) is 2.94. The summed E-state index contributed by atoms with van der Waals surface area (Å²) in [7, 11) is 1.82. The Morgan fingerprint density at radius 3 is 2.80 bits per heavy atom. The first-order valence-electron chi connectivity index (χ1n) is 4.99. The molecular formula is C12H14N2O. The summed E-state index contributed by atoms with van der Waals surface area (Å²) in [5, 5.41) is 13.3. The van der Waals surface area contributed by atoms with Crippen molar-refractivity contribution < 1.29 is 5.11 Å². The van der Waals surface area contributed by atoms with Crippen LogP contribution in [-0.2, 0) is 0 Å². The van der Waals surface area contributed by atoms with Gasteiger partial charge < -0.3 is 10.4 Å². The third-order valence-electron chi connectivity index (χ3n) is 2.51. The molecule has 3 nitrogen and oxygen atoms in total. The van der Waals surface area contributed by atoms with Crippen LogP contribution >= 0.6 is 0 Å². The molecular weight excluding hydrogens is 188 g/mol. The van der Waals surface area contributed by atoms with E-state index >= 15 is 0 Å². The second-order valence-corrected chi connectivity index (χ2v) is 3.45. The van der Waals surface area contributed by atoms with Crippen molar-refractivity contribution >= 4 is 10.9 Å². The maximum absolute atomic E-state index is 9.15. The van der Waals surface area contributed by atoms with Crippen LogP contribution in [-0.4, -0.2) is 23.7 Å². The third kappa shape index (κ3) is 1.98. The molecule has 1 atom stereocenters. The van der Waals surface area contributed by atoms with E-state index in [1.54, 1.807) is 0 Å². The van der Waals surface area contributed by atoms with Crippen molar-refractivity contribution in [2.45, 2.75) is 6.04 Å². The molecule has 1 aromatic heterocycles. The van der Waals surface area contributed by atoms with Gasteiger partial charge in [-0.2, -0.15) is 0 Å². The zero-order chi connectivity index (χ0) is 10.7. The van der Waals surface area contributed by atoms with Gasteiger partial charge in [0.15, 0.2) is 0 Å². The lowest BCUT2D eigenvalue weighted by atomic mass is 10.1. The van der Waals surface area contributed by atoms with Crippen LogP contribution in [0.2, 0.25) is 0 Å². The van der Waals surface area contributed by atoms with Crippen molar-refractivity contribution in [2.24, 2.45) is 0 Å². The van der Waals surface area contributed by atoms with Gasteiger partial charge in [-0.1, -0.05) is 24.3 Å². The fraction of sp³-hybridized carbons (Fsp3) is 0.250. The standard InChI is InChI=1S/C12H14N2O/c1-13-12(8-15)11-7-6-9-4-2-3-5-10(9)14-11/h2-7,12-13,15H,8H2,1H3. The van der Waals surface area contributed by atoms with Crippen molar-refractivity contribution in [2.75, 3.05) is 13.7 Å². The lowest BCUT2D eigenvalue weighted by Crippen LogP contribution is -2.20. The molecule has 0 aliphatic heterocycles. The van der Waals surface area contributed by atoms with Gasteiger partial charge in [0.2, 0.25) is 0 Å². The average Bonchev–Trinajstić information content (AvgIpc) is 2.30. The lowest BCUT2D eigenvalue weighted by Gasteiger charge is -2.12. The van der Waals surface area contributed by atoms with Crippen LogP contribution in [0.15, 0.2) is 36.4 Å². The van der Waals surface area contributed by atoms with E-state index in [4.69, 9.17) is 5.11 Å². The van der Waals surface area contributed by atoms with Crippen LogP contribution in [0.25, 0.3) is 10.9 Å². The Balaban J connectivity index is 2.46. The summed E-state index contributed by atoms with van der Waals surface area (Å²) in [5.41, 5.74) is 1.84. The smallest absolute Gasteiger partial charge is 0.0727 e.